The molecule has 2 aliphatic rings. The first-order valence-electron chi connectivity index (χ1n) is 14.5. The van der Waals surface area contributed by atoms with Gasteiger partial charge in [-0.25, -0.2) is 0 Å². The van der Waals surface area contributed by atoms with Crippen LogP contribution < -0.4 is 15.4 Å². The van der Waals surface area contributed by atoms with Crippen molar-refractivity contribution >= 4 is 34.1 Å². The van der Waals surface area contributed by atoms with Crippen LogP contribution in [-0.4, -0.2) is 34.8 Å². The standard InChI is InChI=1S/C34H36N4O3/c1-23-19-29-30(20-24(23)2)35-16-13-31(29)41-28-11-9-26(10-12-28)36-32(39)34(14-15-34)33(40)37-27-8-6-7-25(21-27)22-38-17-4-3-5-18-38/h6-13,16,19-21H,3-5,14-15,17-18,22H2,1-2H3,(H,36,39)(H,37,40). The van der Waals surface area contributed by atoms with E-state index in [4.69, 9.17) is 4.74 Å². The molecule has 4 aromatic rings. The number of anilines is 2. The fourth-order valence-electron chi connectivity index (χ4n) is 5.51. The highest BCUT2D eigenvalue weighted by molar-refractivity contribution is 6.16. The smallest absolute Gasteiger partial charge is 0.240 e. The van der Waals surface area contributed by atoms with Gasteiger partial charge in [-0.05, 0) is 124 Å². The number of pyridine rings is 1. The zero-order valence-corrected chi connectivity index (χ0v) is 23.7. The Morgan fingerprint density at radius 2 is 1.56 bits per heavy atom. The maximum absolute atomic E-state index is 13.2. The number of hydrogen-bond acceptors (Lipinski definition) is 5. The molecule has 0 unspecified atom stereocenters. The van der Waals surface area contributed by atoms with Gasteiger partial charge in [-0.1, -0.05) is 18.6 Å². The van der Waals surface area contributed by atoms with Crippen LogP contribution in [0.2, 0.25) is 0 Å². The van der Waals surface area contributed by atoms with Crippen molar-refractivity contribution in [1.82, 2.24) is 9.88 Å². The molecule has 1 aromatic heterocycles. The van der Waals surface area contributed by atoms with Crippen molar-refractivity contribution in [3.63, 3.8) is 0 Å². The molecule has 2 amide bonds. The monoisotopic (exact) mass is 548 g/mol. The number of nitrogens with zero attached hydrogens (tertiary/aromatic N) is 2. The molecule has 0 atom stereocenters. The molecule has 0 spiro atoms. The first-order chi connectivity index (χ1) is 19.9. The van der Waals surface area contributed by atoms with E-state index in [1.807, 2.05) is 36.4 Å². The summed E-state index contributed by atoms with van der Waals surface area (Å²) in [6.07, 6.45) is 6.60. The molecule has 0 radical (unpaired) electrons. The van der Waals surface area contributed by atoms with Crippen LogP contribution in [-0.2, 0) is 16.1 Å². The number of carbonyl (C=O) groups is 2. The lowest BCUT2D eigenvalue weighted by Gasteiger charge is -2.26. The van der Waals surface area contributed by atoms with E-state index in [0.717, 1.165) is 42.0 Å². The highest BCUT2D eigenvalue weighted by Crippen LogP contribution is 2.47. The lowest BCUT2D eigenvalue weighted by atomic mass is 10.0. The molecule has 1 saturated carbocycles. The van der Waals surface area contributed by atoms with Crippen LogP contribution in [0.5, 0.6) is 11.5 Å². The number of fused-ring (bicyclic) bond motifs is 1. The second-order valence-corrected chi connectivity index (χ2v) is 11.4. The summed E-state index contributed by atoms with van der Waals surface area (Å²) in [5.41, 5.74) is 4.74. The Kier molecular flexibility index (Phi) is 7.45. The number of benzene rings is 3. The summed E-state index contributed by atoms with van der Waals surface area (Å²) in [4.78, 5) is 33.4. The van der Waals surface area contributed by atoms with Crippen LogP contribution in [0.15, 0.2) is 72.9 Å². The Morgan fingerprint density at radius 3 is 2.29 bits per heavy atom. The normalized spacial score (nSPS) is 16.2. The first kappa shape index (κ1) is 27.0. The molecule has 6 rings (SSSR count). The number of amides is 2. The molecular weight excluding hydrogens is 512 g/mol. The molecule has 2 fully saturated rings. The molecule has 41 heavy (non-hydrogen) atoms. The van der Waals surface area contributed by atoms with E-state index in [0.29, 0.717) is 24.3 Å². The third-order valence-corrected chi connectivity index (χ3v) is 8.32. The van der Waals surface area contributed by atoms with Crippen molar-refractivity contribution in [2.45, 2.75) is 52.5 Å². The Labute approximate surface area is 240 Å². The van der Waals surface area contributed by atoms with Crippen LogP contribution in [0.3, 0.4) is 0 Å². The molecule has 1 aliphatic carbocycles. The van der Waals surface area contributed by atoms with Crippen LogP contribution in [0.4, 0.5) is 11.4 Å². The number of aromatic nitrogens is 1. The lowest BCUT2D eigenvalue weighted by molar-refractivity contribution is -0.131. The second-order valence-electron chi connectivity index (χ2n) is 11.4. The predicted octanol–water partition coefficient (Wildman–Crippen LogP) is 6.99. The van der Waals surface area contributed by atoms with Crippen molar-refractivity contribution in [2.75, 3.05) is 23.7 Å². The zero-order valence-electron chi connectivity index (χ0n) is 23.7. The van der Waals surface area contributed by atoms with Gasteiger partial charge in [-0.2, -0.15) is 0 Å². The Balaban J connectivity index is 1.08. The summed E-state index contributed by atoms with van der Waals surface area (Å²) in [6, 6.07) is 21.2. The molecular formula is C34H36N4O3. The van der Waals surface area contributed by atoms with Gasteiger partial charge in [-0.15, -0.1) is 0 Å². The van der Waals surface area contributed by atoms with Gasteiger partial charge in [-0.3, -0.25) is 19.5 Å². The number of likely N-dealkylation sites (tertiary alicyclic amines) is 1. The van der Waals surface area contributed by atoms with Gasteiger partial charge in [0.15, 0.2) is 0 Å². The molecule has 0 bridgehead atoms. The minimum absolute atomic E-state index is 0.250. The summed E-state index contributed by atoms with van der Waals surface area (Å²) in [6.45, 7) is 7.26. The summed E-state index contributed by atoms with van der Waals surface area (Å²) >= 11 is 0. The highest BCUT2D eigenvalue weighted by atomic mass is 16.5. The fraction of sp³-hybridized carbons (Fsp3) is 0.324. The van der Waals surface area contributed by atoms with E-state index in [1.54, 1.807) is 18.3 Å². The van der Waals surface area contributed by atoms with E-state index in [9.17, 15) is 9.59 Å². The summed E-state index contributed by atoms with van der Waals surface area (Å²) in [7, 11) is 0. The molecule has 2 N–H and O–H groups in total. The number of aryl methyl sites for hydroxylation is 2. The zero-order chi connectivity index (χ0) is 28.4. The molecule has 7 heteroatoms. The van der Waals surface area contributed by atoms with Gasteiger partial charge in [0.05, 0.1) is 5.52 Å². The Hall–Kier alpha value is -4.23. The van der Waals surface area contributed by atoms with Crippen LogP contribution in [0.1, 0.15) is 48.8 Å². The minimum atomic E-state index is -1.04. The van der Waals surface area contributed by atoms with E-state index in [2.05, 4.69) is 52.6 Å². The molecule has 1 aliphatic heterocycles. The average Bonchev–Trinajstić information content (AvgIpc) is 3.79. The summed E-state index contributed by atoms with van der Waals surface area (Å²) in [5, 5.41) is 6.89. The van der Waals surface area contributed by atoms with Crippen LogP contribution in [0.25, 0.3) is 10.9 Å². The van der Waals surface area contributed by atoms with Gasteiger partial charge >= 0.3 is 0 Å². The highest BCUT2D eigenvalue weighted by Gasteiger charge is 2.56. The number of ether oxygens (including phenoxy) is 1. The second kappa shape index (κ2) is 11.3. The number of piperidine rings is 1. The van der Waals surface area contributed by atoms with Gasteiger partial charge in [0.25, 0.3) is 0 Å². The van der Waals surface area contributed by atoms with Gasteiger partial charge < -0.3 is 15.4 Å². The number of carbonyl (C=O) groups excluding carboxylic acids is 2. The van der Waals surface area contributed by atoms with Gasteiger partial charge in [0, 0.05) is 29.5 Å². The molecule has 210 valence electrons. The molecule has 7 nitrogen and oxygen atoms in total. The minimum Gasteiger partial charge on any atom is -0.457 e. The topological polar surface area (TPSA) is 83.6 Å². The summed E-state index contributed by atoms with van der Waals surface area (Å²) in [5.74, 6) is 0.847. The third kappa shape index (κ3) is 5.95. The van der Waals surface area contributed by atoms with E-state index in [-0.39, 0.29) is 11.8 Å². The summed E-state index contributed by atoms with van der Waals surface area (Å²) < 4.78 is 6.17. The van der Waals surface area contributed by atoms with Crippen molar-refractivity contribution in [2.24, 2.45) is 5.41 Å². The van der Waals surface area contributed by atoms with Gasteiger partial charge in [0.1, 0.15) is 16.9 Å². The van der Waals surface area contributed by atoms with Crippen molar-refractivity contribution in [1.29, 1.82) is 0 Å². The van der Waals surface area contributed by atoms with E-state index < -0.39 is 5.41 Å². The fourth-order valence-corrected chi connectivity index (χ4v) is 5.51. The predicted molar refractivity (Wildman–Crippen MR) is 162 cm³/mol. The number of rotatable bonds is 8. The first-order valence-corrected chi connectivity index (χ1v) is 14.5. The van der Waals surface area contributed by atoms with Gasteiger partial charge in [0.2, 0.25) is 11.8 Å². The van der Waals surface area contributed by atoms with Crippen molar-refractivity contribution in [3.05, 3.63) is 89.6 Å². The number of hydrogen-bond donors (Lipinski definition) is 2. The number of nitrogens with one attached hydrogen (secondary N) is 2. The average molecular weight is 549 g/mol. The Bertz CT molecular complexity index is 1590. The van der Waals surface area contributed by atoms with Crippen LogP contribution in [0, 0.1) is 19.3 Å². The molecule has 2 heterocycles. The third-order valence-electron chi connectivity index (χ3n) is 8.32. The van der Waals surface area contributed by atoms with Crippen LogP contribution >= 0.6 is 0 Å². The molecule has 3 aromatic carbocycles. The van der Waals surface area contributed by atoms with Crippen molar-refractivity contribution in [3.8, 4) is 11.5 Å². The SMILES string of the molecule is Cc1cc2nccc(Oc3ccc(NC(=O)C4(C(=O)Nc5cccc(CN6CCCCC6)c5)CC4)cc3)c2cc1C. The van der Waals surface area contributed by atoms with Crippen molar-refractivity contribution < 1.29 is 14.3 Å². The molecule has 1 saturated heterocycles. The quantitative estimate of drug-likeness (QED) is 0.232. The van der Waals surface area contributed by atoms with E-state index >= 15 is 0 Å². The maximum atomic E-state index is 13.2. The maximum Gasteiger partial charge on any atom is 0.240 e. The van der Waals surface area contributed by atoms with E-state index in [1.165, 1.54) is 36.0 Å². The lowest BCUT2D eigenvalue weighted by Crippen LogP contribution is -2.35. The Morgan fingerprint density at radius 1 is 0.854 bits per heavy atom. The largest absolute Gasteiger partial charge is 0.457 e.